The molecule has 0 saturated carbocycles. The minimum Gasteiger partial charge on any atom is -0.457 e. The van der Waals surface area contributed by atoms with Crippen molar-refractivity contribution in [2.45, 2.75) is 37.8 Å². The van der Waals surface area contributed by atoms with Gasteiger partial charge in [-0.15, -0.1) is 0 Å². The van der Waals surface area contributed by atoms with Crippen LogP contribution in [0.5, 0.6) is 11.5 Å². The van der Waals surface area contributed by atoms with Crippen LogP contribution in [0, 0.1) is 0 Å². The van der Waals surface area contributed by atoms with Crippen molar-refractivity contribution in [3.63, 3.8) is 0 Å². The molecule has 0 amide bonds. The Morgan fingerprint density at radius 1 is 0.538 bits per heavy atom. The number of fused-ring (bicyclic) bond motifs is 2. The van der Waals surface area contributed by atoms with E-state index in [9.17, 15) is 0 Å². The van der Waals surface area contributed by atoms with E-state index in [1.807, 2.05) is 0 Å². The molecule has 3 heteroatoms. The van der Waals surface area contributed by atoms with Crippen molar-refractivity contribution in [3.05, 3.63) is 130 Å². The first-order valence-electron chi connectivity index (χ1n) is 14.5. The smallest absolute Gasteiger partial charge is 0.127 e. The zero-order chi connectivity index (χ0) is 27.0. The largest absolute Gasteiger partial charge is 0.457 e. The van der Waals surface area contributed by atoms with Gasteiger partial charge in [0.05, 0.1) is 41.3 Å². The average molecular weight is 519 g/mol. The molecule has 3 nitrogen and oxygen atoms in total. The summed E-state index contributed by atoms with van der Waals surface area (Å²) in [5, 5.41) is 0. The van der Waals surface area contributed by atoms with Crippen molar-refractivity contribution in [1.29, 1.82) is 0 Å². The minimum atomic E-state index is 0.481. The Bertz CT molecular complexity index is 1320. The molecule has 0 radical (unpaired) electrons. The van der Waals surface area contributed by atoms with E-state index < -0.39 is 0 Å². The molecular weight excluding hydrogens is 476 g/mol. The Morgan fingerprint density at radius 3 is 1.33 bits per heavy atom. The molecule has 0 N–H and O–H groups in total. The van der Waals surface area contributed by atoms with Crippen molar-refractivity contribution in [3.8, 4) is 11.5 Å². The van der Waals surface area contributed by atoms with Gasteiger partial charge in [-0.1, -0.05) is 72.8 Å². The molecule has 2 heterocycles. The molecule has 200 valence electrons. The van der Waals surface area contributed by atoms with Crippen LogP contribution in [0.25, 0.3) is 0 Å². The summed E-state index contributed by atoms with van der Waals surface area (Å²) in [6.07, 6.45) is 4.41. The molecule has 4 aromatic rings. The van der Waals surface area contributed by atoms with Crippen molar-refractivity contribution < 1.29 is 13.7 Å². The molecule has 39 heavy (non-hydrogen) atoms. The Morgan fingerprint density at radius 2 is 0.923 bits per heavy atom. The van der Waals surface area contributed by atoms with Gasteiger partial charge in [-0.05, 0) is 46.5 Å². The lowest BCUT2D eigenvalue weighted by Gasteiger charge is -2.43. The Balaban J connectivity index is 1.12. The van der Waals surface area contributed by atoms with Gasteiger partial charge in [0.1, 0.15) is 23.6 Å². The Labute approximate surface area is 234 Å². The highest BCUT2D eigenvalue weighted by molar-refractivity contribution is 5.38. The average Bonchev–Trinajstić information content (AvgIpc) is 2.94. The molecule has 0 aromatic heterocycles. The van der Waals surface area contributed by atoms with Gasteiger partial charge >= 0.3 is 0 Å². The highest BCUT2D eigenvalue weighted by Crippen LogP contribution is 2.37. The number of nitrogens with zero attached hydrogens (tertiary/aromatic N) is 2. The second-order valence-electron chi connectivity index (χ2n) is 12.7. The fourth-order valence-corrected chi connectivity index (χ4v) is 6.74. The van der Waals surface area contributed by atoms with E-state index in [0.29, 0.717) is 12.1 Å². The summed E-state index contributed by atoms with van der Waals surface area (Å²) in [5.74, 6) is 1.78. The van der Waals surface area contributed by atoms with E-state index in [2.05, 4.69) is 125 Å². The lowest BCUT2D eigenvalue weighted by Crippen LogP contribution is -2.48. The Hall–Kier alpha value is -3.40. The number of benzene rings is 4. The van der Waals surface area contributed by atoms with Gasteiger partial charge in [-0.3, -0.25) is 0 Å². The van der Waals surface area contributed by atoms with Crippen LogP contribution in [0.2, 0.25) is 0 Å². The summed E-state index contributed by atoms with van der Waals surface area (Å²) in [5.41, 5.74) is 8.76. The zero-order valence-corrected chi connectivity index (χ0v) is 23.9. The summed E-state index contributed by atoms with van der Waals surface area (Å²) < 4.78 is 8.32. The molecule has 0 fully saturated rings. The third-order valence-corrected chi connectivity index (χ3v) is 9.37. The molecule has 6 rings (SSSR count). The molecule has 0 aliphatic carbocycles. The van der Waals surface area contributed by atoms with Crippen LogP contribution in [0.3, 0.4) is 0 Å². The number of rotatable bonds is 6. The van der Waals surface area contributed by atoms with E-state index in [1.54, 1.807) is 0 Å². The van der Waals surface area contributed by atoms with E-state index in [4.69, 9.17) is 4.74 Å². The molecule has 2 aliphatic heterocycles. The number of ether oxygens (including phenoxy) is 1. The molecule has 4 aromatic carbocycles. The first kappa shape index (κ1) is 25.9. The van der Waals surface area contributed by atoms with Crippen molar-refractivity contribution in [2.75, 3.05) is 41.3 Å². The lowest BCUT2D eigenvalue weighted by atomic mass is 9.87. The molecule has 0 spiro atoms. The normalized spacial score (nSPS) is 21.0. The zero-order valence-electron chi connectivity index (χ0n) is 23.9. The van der Waals surface area contributed by atoms with Crippen molar-refractivity contribution in [2.24, 2.45) is 0 Å². The summed E-state index contributed by atoms with van der Waals surface area (Å²) in [4.78, 5) is 0. The van der Waals surface area contributed by atoms with Gasteiger partial charge in [0.2, 0.25) is 0 Å². The van der Waals surface area contributed by atoms with Crippen LogP contribution in [-0.4, -0.2) is 50.2 Å². The Kier molecular flexibility index (Phi) is 6.82. The highest BCUT2D eigenvalue weighted by atomic mass is 16.5. The van der Waals surface area contributed by atoms with Crippen LogP contribution in [0.15, 0.2) is 97.1 Å². The molecule has 2 unspecified atom stereocenters. The molecule has 2 aliphatic rings. The van der Waals surface area contributed by atoms with Crippen molar-refractivity contribution >= 4 is 0 Å². The lowest BCUT2D eigenvalue weighted by molar-refractivity contribution is -0.923. The van der Waals surface area contributed by atoms with Gasteiger partial charge in [-0.2, -0.15) is 0 Å². The maximum Gasteiger partial charge on any atom is 0.127 e. The molecule has 0 saturated heterocycles. The fraction of sp³-hybridized carbons (Fsp3) is 0.333. The predicted octanol–water partition coefficient (Wildman–Crippen LogP) is 7.31. The molecule has 2 atom stereocenters. The highest BCUT2D eigenvalue weighted by Gasteiger charge is 2.36. The summed E-state index contributed by atoms with van der Waals surface area (Å²) >= 11 is 0. The number of hydrogen-bond acceptors (Lipinski definition) is 1. The van der Waals surface area contributed by atoms with Crippen molar-refractivity contribution in [1.82, 2.24) is 0 Å². The summed E-state index contributed by atoms with van der Waals surface area (Å²) in [7, 11) is 9.48. The maximum atomic E-state index is 6.25. The first-order chi connectivity index (χ1) is 18.8. The van der Waals surface area contributed by atoms with Gasteiger partial charge in [0.15, 0.2) is 0 Å². The second-order valence-corrected chi connectivity index (χ2v) is 12.7. The quantitative estimate of drug-likeness (QED) is 0.243. The third-order valence-electron chi connectivity index (χ3n) is 9.37. The van der Waals surface area contributed by atoms with E-state index in [-0.39, 0.29) is 0 Å². The van der Waals surface area contributed by atoms with Crippen LogP contribution >= 0.6 is 0 Å². The molecule has 0 bridgehead atoms. The van der Waals surface area contributed by atoms with Gasteiger partial charge in [0.25, 0.3) is 0 Å². The predicted molar refractivity (Wildman–Crippen MR) is 160 cm³/mol. The van der Waals surface area contributed by atoms with Crippen LogP contribution in [-0.2, 0) is 25.7 Å². The molecular formula is C36H42N2O+2. The van der Waals surface area contributed by atoms with E-state index in [0.717, 1.165) is 46.1 Å². The topological polar surface area (TPSA) is 9.23 Å². The number of likely N-dealkylation sites (N-methyl/N-ethyl adjacent to an activating group) is 2. The van der Waals surface area contributed by atoms with Gasteiger partial charge < -0.3 is 13.7 Å². The summed E-state index contributed by atoms with van der Waals surface area (Å²) in [6, 6.07) is 36.4. The SMILES string of the molecule is C[N+]1(C)CCc2ccccc2C1Cc1ccc(Oc2ccc(CC3c4ccccc4CC[N+]3(C)C)cc2)cc1. The van der Waals surface area contributed by atoms with Crippen LogP contribution in [0.1, 0.15) is 45.5 Å². The van der Waals surface area contributed by atoms with E-state index >= 15 is 0 Å². The monoisotopic (exact) mass is 518 g/mol. The maximum absolute atomic E-state index is 6.25. The number of quaternary nitrogens is 2. The minimum absolute atomic E-state index is 0.481. The van der Waals surface area contributed by atoms with Gasteiger partial charge in [-0.25, -0.2) is 0 Å². The van der Waals surface area contributed by atoms with Crippen LogP contribution in [0.4, 0.5) is 0 Å². The standard InChI is InChI=1S/C36H42N2O/c1-37(2)23-21-29-9-5-7-11-33(29)35(37)25-27-13-17-31(18-14-27)39-32-19-15-28(16-20-32)26-36-34-12-8-6-10-30(34)22-24-38(36,3)4/h5-20,35-36H,21-26H2,1-4H3/q+2. The van der Waals surface area contributed by atoms with Crippen LogP contribution < -0.4 is 4.74 Å². The first-order valence-corrected chi connectivity index (χ1v) is 14.5. The second kappa shape index (κ2) is 10.3. The van der Waals surface area contributed by atoms with E-state index in [1.165, 1.54) is 46.5 Å². The third kappa shape index (κ3) is 5.39. The van der Waals surface area contributed by atoms with Gasteiger partial charge in [0, 0.05) is 36.8 Å². The number of hydrogen-bond donors (Lipinski definition) is 0. The fourth-order valence-electron chi connectivity index (χ4n) is 6.74. The summed E-state index contributed by atoms with van der Waals surface area (Å²) in [6.45, 7) is 2.37.